The van der Waals surface area contributed by atoms with Crippen LogP contribution in [-0.2, 0) is 11.2 Å². The lowest BCUT2D eigenvalue weighted by atomic mass is 9.70. The van der Waals surface area contributed by atoms with Crippen LogP contribution in [0.25, 0.3) is 0 Å². The van der Waals surface area contributed by atoms with Crippen LogP contribution in [0.5, 0.6) is 0 Å². The van der Waals surface area contributed by atoms with Crippen molar-refractivity contribution in [2.24, 2.45) is 5.41 Å². The summed E-state index contributed by atoms with van der Waals surface area (Å²) in [5.74, 6) is 0.000988. The van der Waals surface area contributed by atoms with Crippen molar-refractivity contribution in [1.29, 1.82) is 0 Å². The van der Waals surface area contributed by atoms with Gasteiger partial charge in [0, 0.05) is 42.2 Å². The quantitative estimate of drug-likeness (QED) is 0.430. The third-order valence-corrected chi connectivity index (χ3v) is 7.45. The minimum absolute atomic E-state index is 0.0626. The molecule has 2 aliphatic carbocycles. The van der Waals surface area contributed by atoms with E-state index >= 15 is 0 Å². The fourth-order valence-corrected chi connectivity index (χ4v) is 5.53. The standard InChI is InChI=1S/C29H39N3O3/c1-19(33)31-25(15-20-9-5-4-6-10-20)27(34)18-30-26-17-29(2,3)28(35)23-14-13-22(16-24(23)26)32-21-11-7-8-12-21/h4-6,9-10,13-14,16,21,25-27,30,32,34H,7-8,11-12,15,17-18H2,1-3H3,(H,31,33)/t25-,26+,27-/m0/s1. The summed E-state index contributed by atoms with van der Waals surface area (Å²) in [5.41, 5.74) is 3.37. The number of rotatable bonds is 9. The van der Waals surface area contributed by atoms with Gasteiger partial charge < -0.3 is 21.1 Å². The van der Waals surface area contributed by atoms with Gasteiger partial charge in [0.1, 0.15) is 0 Å². The predicted molar refractivity (Wildman–Crippen MR) is 140 cm³/mol. The van der Waals surface area contributed by atoms with Crippen LogP contribution in [-0.4, -0.2) is 41.5 Å². The second-order valence-corrected chi connectivity index (χ2v) is 10.9. The lowest BCUT2D eigenvalue weighted by molar-refractivity contribution is -0.120. The molecule has 0 bridgehead atoms. The van der Waals surface area contributed by atoms with Gasteiger partial charge in [-0.2, -0.15) is 0 Å². The van der Waals surface area contributed by atoms with Crippen molar-refractivity contribution in [3.05, 3.63) is 65.2 Å². The number of carbonyl (C=O) groups is 2. The number of aliphatic hydroxyl groups excluding tert-OH is 1. The van der Waals surface area contributed by atoms with E-state index in [0.29, 0.717) is 25.4 Å². The van der Waals surface area contributed by atoms with Gasteiger partial charge in [0.15, 0.2) is 5.78 Å². The van der Waals surface area contributed by atoms with Crippen LogP contribution in [0.1, 0.15) is 80.4 Å². The van der Waals surface area contributed by atoms with Gasteiger partial charge in [0.05, 0.1) is 12.1 Å². The molecule has 0 heterocycles. The van der Waals surface area contributed by atoms with Gasteiger partial charge in [-0.1, -0.05) is 57.0 Å². The average Bonchev–Trinajstić information content (AvgIpc) is 3.33. The summed E-state index contributed by atoms with van der Waals surface area (Å²) in [6.07, 6.45) is 5.31. The summed E-state index contributed by atoms with van der Waals surface area (Å²) in [7, 11) is 0. The molecule has 4 N–H and O–H groups in total. The third-order valence-electron chi connectivity index (χ3n) is 7.45. The fraction of sp³-hybridized carbons (Fsp3) is 0.517. The van der Waals surface area contributed by atoms with E-state index in [2.05, 4.69) is 22.0 Å². The Kier molecular flexibility index (Phi) is 7.92. The van der Waals surface area contributed by atoms with Crippen molar-refractivity contribution in [2.45, 2.75) is 83.5 Å². The Morgan fingerprint density at radius 3 is 2.51 bits per heavy atom. The molecular weight excluding hydrogens is 438 g/mol. The maximum atomic E-state index is 13.2. The predicted octanol–water partition coefficient (Wildman–Crippen LogP) is 4.39. The summed E-state index contributed by atoms with van der Waals surface area (Å²) >= 11 is 0. The lowest BCUT2D eigenvalue weighted by Gasteiger charge is -2.37. The third kappa shape index (κ3) is 6.30. The molecule has 6 nitrogen and oxygen atoms in total. The second kappa shape index (κ2) is 10.9. The van der Waals surface area contributed by atoms with E-state index in [0.717, 1.165) is 22.4 Å². The van der Waals surface area contributed by atoms with Gasteiger partial charge in [-0.15, -0.1) is 0 Å². The number of ketones is 1. The normalized spacial score (nSPS) is 21.3. The lowest BCUT2D eigenvalue weighted by Crippen LogP contribution is -2.49. The maximum absolute atomic E-state index is 13.2. The summed E-state index contributed by atoms with van der Waals surface area (Å²) in [4.78, 5) is 25.0. The van der Waals surface area contributed by atoms with Gasteiger partial charge in [0.2, 0.25) is 5.91 Å². The molecule has 0 saturated heterocycles. The Balaban J connectivity index is 1.50. The fourth-order valence-electron chi connectivity index (χ4n) is 5.53. The molecule has 3 atom stereocenters. The highest BCUT2D eigenvalue weighted by atomic mass is 16.3. The SMILES string of the molecule is CC(=O)N[C@@H](Cc1ccccc1)[C@@H](O)CN[C@@H]1CC(C)(C)C(=O)c2ccc(NC3CCCC3)cc21. The highest BCUT2D eigenvalue weighted by molar-refractivity contribution is 6.03. The molecule has 2 aromatic rings. The van der Waals surface area contributed by atoms with Crippen molar-refractivity contribution in [3.63, 3.8) is 0 Å². The summed E-state index contributed by atoms with van der Waals surface area (Å²) in [5, 5.41) is 21.2. The van der Waals surface area contributed by atoms with Crippen molar-refractivity contribution in [2.75, 3.05) is 11.9 Å². The van der Waals surface area contributed by atoms with E-state index in [-0.39, 0.29) is 17.7 Å². The summed E-state index contributed by atoms with van der Waals surface area (Å²) in [6.45, 7) is 5.77. The molecule has 2 aliphatic rings. The number of Topliss-reactive ketones (excluding diaryl/α,β-unsaturated/α-hetero) is 1. The molecule has 0 unspecified atom stereocenters. The highest BCUT2D eigenvalue weighted by Gasteiger charge is 2.39. The Bertz CT molecular complexity index is 1030. The first-order valence-corrected chi connectivity index (χ1v) is 12.9. The van der Waals surface area contributed by atoms with E-state index in [1.807, 2.05) is 56.3 Å². The van der Waals surface area contributed by atoms with Crippen LogP contribution in [0.2, 0.25) is 0 Å². The zero-order valence-electron chi connectivity index (χ0n) is 21.1. The van der Waals surface area contributed by atoms with Crippen LogP contribution in [0.4, 0.5) is 5.69 Å². The van der Waals surface area contributed by atoms with E-state index in [1.165, 1.54) is 32.6 Å². The van der Waals surface area contributed by atoms with Crippen molar-refractivity contribution >= 4 is 17.4 Å². The number of anilines is 1. The molecule has 4 rings (SSSR count). The molecule has 0 spiro atoms. The Morgan fingerprint density at radius 1 is 1.11 bits per heavy atom. The zero-order chi connectivity index (χ0) is 25.0. The Hall–Kier alpha value is -2.70. The number of nitrogens with one attached hydrogen (secondary N) is 3. The number of hydrogen-bond acceptors (Lipinski definition) is 5. The molecule has 35 heavy (non-hydrogen) atoms. The largest absolute Gasteiger partial charge is 0.390 e. The van der Waals surface area contributed by atoms with E-state index in [9.17, 15) is 14.7 Å². The molecule has 1 fully saturated rings. The number of carbonyl (C=O) groups excluding carboxylic acids is 2. The van der Waals surface area contributed by atoms with Crippen molar-refractivity contribution < 1.29 is 14.7 Å². The van der Waals surface area contributed by atoms with Gasteiger partial charge in [-0.25, -0.2) is 0 Å². The topological polar surface area (TPSA) is 90.5 Å². The van der Waals surface area contributed by atoms with Crippen LogP contribution in [0.3, 0.4) is 0 Å². The Labute approximate surface area is 208 Å². The monoisotopic (exact) mass is 477 g/mol. The zero-order valence-corrected chi connectivity index (χ0v) is 21.1. The number of aliphatic hydroxyl groups is 1. The van der Waals surface area contributed by atoms with E-state index in [4.69, 9.17) is 0 Å². The van der Waals surface area contributed by atoms with Crippen LogP contribution in [0, 0.1) is 5.41 Å². The van der Waals surface area contributed by atoms with Gasteiger partial charge in [-0.05, 0) is 55.0 Å². The smallest absolute Gasteiger partial charge is 0.217 e. The molecular formula is C29H39N3O3. The minimum Gasteiger partial charge on any atom is -0.390 e. The minimum atomic E-state index is -0.775. The van der Waals surface area contributed by atoms with Crippen LogP contribution >= 0.6 is 0 Å². The van der Waals surface area contributed by atoms with E-state index < -0.39 is 17.6 Å². The van der Waals surface area contributed by atoms with Crippen molar-refractivity contribution in [1.82, 2.24) is 10.6 Å². The van der Waals surface area contributed by atoms with Crippen LogP contribution < -0.4 is 16.0 Å². The Morgan fingerprint density at radius 2 is 1.83 bits per heavy atom. The molecule has 1 amide bonds. The molecule has 1 saturated carbocycles. The van der Waals surface area contributed by atoms with Crippen molar-refractivity contribution in [3.8, 4) is 0 Å². The number of benzene rings is 2. The summed E-state index contributed by atoms with van der Waals surface area (Å²) in [6, 6.07) is 16.0. The first-order chi connectivity index (χ1) is 16.7. The average molecular weight is 478 g/mol. The molecule has 2 aromatic carbocycles. The second-order valence-electron chi connectivity index (χ2n) is 10.9. The summed E-state index contributed by atoms with van der Waals surface area (Å²) < 4.78 is 0. The molecule has 0 aliphatic heterocycles. The number of amides is 1. The van der Waals surface area contributed by atoms with Gasteiger partial charge in [-0.3, -0.25) is 9.59 Å². The number of hydrogen-bond donors (Lipinski definition) is 4. The molecule has 6 heteroatoms. The van der Waals surface area contributed by atoms with Gasteiger partial charge >= 0.3 is 0 Å². The van der Waals surface area contributed by atoms with Gasteiger partial charge in [0.25, 0.3) is 0 Å². The first-order valence-electron chi connectivity index (χ1n) is 12.9. The molecule has 188 valence electrons. The molecule has 0 radical (unpaired) electrons. The van der Waals surface area contributed by atoms with E-state index in [1.54, 1.807) is 0 Å². The maximum Gasteiger partial charge on any atom is 0.217 e. The van der Waals surface area contributed by atoms with Crippen LogP contribution in [0.15, 0.2) is 48.5 Å². The first kappa shape index (κ1) is 25.4. The number of fused-ring (bicyclic) bond motifs is 1. The molecule has 0 aromatic heterocycles. The highest BCUT2D eigenvalue weighted by Crippen LogP contribution is 2.41.